The number of hydrogen-bond donors (Lipinski definition) is 1. The molecule has 1 aliphatic rings. The van der Waals surface area contributed by atoms with Crippen LogP contribution in [0.2, 0.25) is 5.02 Å². The van der Waals surface area contributed by atoms with Crippen molar-refractivity contribution in [2.45, 2.75) is 6.10 Å². The van der Waals surface area contributed by atoms with Crippen molar-refractivity contribution in [3.63, 3.8) is 0 Å². The van der Waals surface area contributed by atoms with Crippen molar-refractivity contribution in [3.05, 3.63) is 83.1 Å². The van der Waals surface area contributed by atoms with Gasteiger partial charge in [0.15, 0.2) is 0 Å². The zero-order chi connectivity index (χ0) is 23.4. The maximum absolute atomic E-state index is 13.6. The van der Waals surface area contributed by atoms with E-state index < -0.39 is 11.9 Å². The van der Waals surface area contributed by atoms with Crippen LogP contribution in [0.5, 0.6) is 5.88 Å². The Kier molecular flexibility index (Phi) is 6.98. The molecule has 0 spiro atoms. The number of nitrogens with one attached hydrogen (secondary N) is 1. The van der Waals surface area contributed by atoms with Crippen molar-refractivity contribution in [1.82, 2.24) is 14.9 Å². The van der Waals surface area contributed by atoms with Crippen LogP contribution in [0.3, 0.4) is 0 Å². The molecule has 9 heteroatoms. The fourth-order valence-electron chi connectivity index (χ4n) is 3.30. The summed E-state index contributed by atoms with van der Waals surface area (Å²) in [5.74, 6) is 0.0846. The van der Waals surface area contributed by atoms with Gasteiger partial charge in [0.25, 0.3) is 0 Å². The molecular formula is C24H22ClFN4O3. The summed E-state index contributed by atoms with van der Waals surface area (Å²) in [6.45, 7) is 0.993. The highest BCUT2D eigenvalue weighted by Crippen LogP contribution is 2.35. The SMILES string of the molecule is CN(C)C/C=C/C(=O)Nc1ccc2ncnc(OC3=CCOC3c3ccc(F)c(Cl)c3)c2c1. The molecule has 0 radical (unpaired) electrons. The molecule has 2 aromatic carbocycles. The molecular weight excluding hydrogens is 447 g/mol. The van der Waals surface area contributed by atoms with Crippen LogP contribution in [0, 0.1) is 5.82 Å². The third-order valence-corrected chi connectivity index (χ3v) is 5.16. The van der Waals surface area contributed by atoms with E-state index in [1.54, 1.807) is 36.4 Å². The molecule has 0 aliphatic carbocycles. The number of carbonyl (C=O) groups excluding carboxylic acids is 1. The number of ether oxygens (including phenoxy) is 2. The maximum Gasteiger partial charge on any atom is 0.248 e. The van der Waals surface area contributed by atoms with E-state index >= 15 is 0 Å². The van der Waals surface area contributed by atoms with Crippen molar-refractivity contribution in [2.75, 3.05) is 32.6 Å². The first-order valence-corrected chi connectivity index (χ1v) is 10.6. The number of nitrogens with zero attached hydrogens (tertiary/aromatic N) is 3. The van der Waals surface area contributed by atoms with E-state index in [1.165, 1.54) is 24.5 Å². The Morgan fingerprint density at radius 3 is 2.94 bits per heavy atom. The van der Waals surface area contributed by atoms with Gasteiger partial charge in [0, 0.05) is 18.3 Å². The summed E-state index contributed by atoms with van der Waals surface area (Å²) in [5.41, 5.74) is 1.91. The molecule has 0 fully saturated rings. The Bertz CT molecular complexity index is 1250. The molecule has 170 valence electrons. The number of benzene rings is 2. The lowest BCUT2D eigenvalue weighted by Gasteiger charge is -2.16. The Labute approximate surface area is 195 Å². The van der Waals surface area contributed by atoms with Crippen molar-refractivity contribution >= 4 is 34.1 Å². The number of aromatic nitrogens is 2. The smallest absolute Gasteiger partial charge is 0.248 e. The lowest BCUT2D eigenvalue weighted by molar-refractivity contribution is -0.111. The quantitative estimate of drug-likeness (QED) is 0.514. The Morgan fingerprint density at radius 2 is 2.15 bits per heavy atom. The van der Waals surface area contributed by atoms with Gasteiger partial charge in [0.05, 0.1) is 22.5 Å². The minimum Gasteiger partial charge on any atom is -0.440 e. The van der Waals surface area contributed by atoms with Crippen LogP contribution >= 0.6 is 11.6 Å². The van der Waals surface area contributed by atoms with Crippen LogP contribution < -0.4 is 10.1 Å². The van der Waals surface area contributed by atoms with E-state index in [0.717, 1.165) is 0 Å². The summed E-state index contributed by atoms with van der Waals surface area (Å²) in [4.78, 5) is 22.7. The van der Waals surface area contributed by atoms with Gasteiger partial charge in [-0.2, -0.15) is 0 Å². The highest BCUT2D eigenvalue weighted by atomic mass is 35.5. The third-order valence-electron chi connectivity index (χ3n) is 4.87. The minimum absolute atomic E-state index is 0.00912. The number of carbonyl (C=O) groups is 1. The number of fused-ring (bicyclic) bond motifs is 1. The summed E-state index contributed by atoms with van der Waals surface area (Å²) in [7, 11) is 3.85. The van der Waals surface area contributed by atoms with Crippen LogP contribution in [0.15, 0.2) is 66.7 Å². The van der Waals surface area contributed by atoms with Crippen molar-refractivity contribution < 1.29 is 18.7 Å². The first kappa shape index (κ1) is 22.8. The van der Waals surface area contributed by atoms with E-state index in [4.69, 9.17) is 21.1 Å². The maximum atomic E-state index is 13.6. The predicted octanol–water partition coefficient (Wildman–Crippen LogP) is 4.51. The lowest BCUT2D eigenvalue weighted by atomic mass is 10.1. The standard InChI is InChI=1S/C24H22ClFN4O3/c1-30(2)10-3-4-22(31)29-16-6-8-20-17(13-16)24(28-14-27-20)33-21-9-11-32-23(21)15-5-7-19(26)18(25)12-15/h3-9,12-14,23H,10-11H2,1-2H3,(H,29,31)/b4-3+. The van der Waals surface area contributed by atoms with Crippen LogP contribution in [0.4, 0.5) is 10.1 Å². The van der Waals surface area contributed by atoms with Gasteiger partial charge in [0.2, 0.25) is 11.8 Å². The molecule has 4 rings (SSSR count). The highest BCUT2D eigenvalue weighted by Gasteiger charge is 2.26. The van der Waals surface area contributed by atoms with E-state index in [2.05, 4.69) is 15.3 Å². The monoisotopic (exact) mass is 468 g/mol. The number of rotatable bonds is 7. The molecule has 0 saturated carbocycles. The molecule has 1 aromatic heterocycles. The van der Waals surface area contributed by atoms with Crippen molar-refractivity contribution in [1.29, 1.82) is 0 Å². The van der Waals surface area contributed by atoms with Gasteiger partial charge in [-0.15, -0.1) is 0 Å². The van der Waals surface area contributed by atoms with Gasteiger partial charge in [-0.3, -0.25) is 4.79 Å². The highest BCUT2D eigenvalue weighted by molar-refractivity contribution is 6.30. The van der Waals surface area contributed by atoms with Crippen LogP contribution in [-0.4, -0.2) is 48.0 Å². The molecule has 1 unspecified atom stereocenters. The molecule has 1 N–H and O–H groups in total. The number of likely N-dealkylation sites (N-methyl/N-ethyl adjacent to an activating group) is 1. The predicted molar refractivity (Wildman–Crippen MR) is 125 cm³/mol. The van der Waals surface area contributed by atoms with Crippen molar-refractivity contribution in [2.24, 2.45) is 0 Å². The van der Waals surface area contributed by atoms with Crippen molar-refractivity contribution in [3.8, 4) is 5.88 Å². The molecule has 1 atom stereocenters. The van der Waals surface area contributed by atoms with Crippen LogP contribution in [-0.2, 0) is 9.53 Å². The molecule has 3 aromatic rings. The zero-order valence-corrected chi connectivity index (χ0v) is 18.8. The van der Waals surface area contributed by atoms with E-state index in [1.807, 2.05) is 19.0 Å². The summed E-state index contributed by atoms with van der Waals surface area (Å²) < 4.78 is 25.4. The lowest BCUT2D eigenvalue weighted by Crippen LogP contribution is -2.13. The molecule has 1 aliphatic heterocycles. The van der Waals surface area contributed by atoms with Gasteiger partial charge in [0.1, 0.15) is 24.0 Å². The second-order valence-corrected chi connectivity index (χ2v) is 8.07. The van der Waals surface area contributed by atoms with E-state index in [9.17, 15) is 9.18 Å². The first-order valence-electron chi connectivity index (χ1n) is 10.2. The number of hydrogen-bond acceptors (Lipinski definition) is 6. The largest absolute Gasteiger partial charge is 0.440 e. The van der Waals surface area contributed by atoms with Crippen LogP contribution in [0.1, 0.15) is 11.7 Å². The molecule has 2 heterocycles. The summed E-state index contributed by atoms with van der Waals surface area (Å²) in [6.07, 6.45) is 5.92. The average Bonchev–Trinajstić information content (AvgIpc) is 3.24. The average molecular weight is 469 g/mol. The fraction of sp³-hybridized carbons (Fsp3) is 0.208. The molecule has 1 amide bonds. The topological polar surface area (TPSA) is 76.6 Å². The summed E-state index contributed by atoms with van der Waals surface area (Å²) in [5, 5.41) is 3.46. The molecule has 0 saturated heterocycles. The fourth-order valence-corrected chi connectivity index (χ4v) is 3.49. The second kappa shape index (κ2) is 10.1. The van der Waals surface area contributed by atoms with Gasteiger partial charge >= 0.3 is 0 Å². The third kappa shape index (κ3) is 5.54. The van der Waals surface area contributed by atoms with Crippen LogP contribution in [0.25, 0.3) is 10.9 Å². The summed E-state index contributed by atoms with van der Waals surface area (Å²) in [6, 6.07) is 9.70. The molecule has 7 nitrogen and oxygen atoms in total. The number of amides is 1. The zero-order valence-electron chi connectivity index (χ0n) is 18.1. The molecule has 0 bridgehead atoms. The summed E-state index contributed by atoms with van der Waals surface area (Å²) >= 11 is 5.93. The second-order valence-electron chi connectivity index (χ2n) is 7.66. The Balaban J connectivity index is 1.56. The number of anilines is 1. The minimum atomic E-state index is -0.544. The van der Waals surface area contributed by atoms with E-state index in [-0.39, 0.29) is 10.9 Å². The van der Waals surface area contributed by atoms with Gasteiger partial charge in [-0.1, -0.05) is 23.7 Å². The first-order chi connectivity index (χ1) is 15.9. The number of halogens is 2. The Morgan fingerprint density at radius 1 is 1.30 bits per heavy atom. The van der Waals surface area contributed by atoms with Gasteiger partial charge in [-0.05, 0) is 56.1 Å². The van der Waals surface area contributed by atoms with Gasteiger partial charge < -0.3 is 19.7 Å². The Hall–Kier alpha value is -3.33. The normalized spacial score (nSPS) is 15.9. The molecule has 33 heavy (non-hydrogen) atoms. The van der Waals surface area contributed by atoms with E-state index in [0.29, 0.717) is 46.9 Å². The van der Waals surface area contributed by atoms with Gasteiger partial charge in [-0.25, -0.2) is 14.4 Å².